The monoisotopic (exact) mass is 1340 g/mol. The van der Waals surface area contributed by atoms with Gasteiger partial charge in [-0.3, -0.25) is 19.2 Å². The van der Waals surface area contributed by atoms with Crippen molar-refractivity contribution in [2.75, 3.05) is 0 Å². The van der Waals surface area contributed by atoms with E-state index in [9.17, 15) is 36.7 Å². The number of aromatic nitrogens is 8. The number of Topliss-reactive ketones (excluding diaryl/α,β-unsaturated/α-hetero) is 4. The highest BCUT2D eigenvalue weighted by molar-refractivity contribution is 7.09. The number of halogens is 8. The van der Waals surface area contributed by atoms with E-state index in [1.165, 1.54) is 24.3 Å². The Bertz CT molecular complexity index is 3370. The van der Waals surface area contributed by atoms with Crippen LogP contribution in [0.1, 0.15) is 255 Å². The third kappa shape index (κ3) is 17.1. The summed E-state index contributed by atoms with van der Waals surface area (Å²) in [5.41, 5.74) is 4.95. The van der Waals surface area contributed by atoms with Crippen LogP contribution in [0, 0.1) is 23.3 Å². The average molecular weight is 1340 g/mol. The lowest BCUT2D eigenvalue weighted by Gasteiger charge is -2.18. The molecule has 4 aromatic heterocycles. The van der Waals surface area contributed by atoms with E-state index in [0.717, 1.165) is 140 Å². The molecule has 0 radical (unpaired) electrons. The van der Waals surface area contributed by atoms with Gasteiger partial charge in [0.2, 0.25) is 0 Å². The minimum absolute atomic E-state index is 0.00678. The van der Waals surface area contributed by atoms with Crippen molar-refractivity contribution in [3.05, 3.63) is 181 Å². The van der Waals surface area contributed by atoms with Gasteiger partial charge in [-0.05, 0) is 176 Å². The maximum atomic E-state index is 14.3. The first-order valence-corrected chi connectivity index (χ1v) is 33.6. The predicted octanol–water partition coefficient (Wildman–Crippen LogP) is 19.5. The van der Waals surface area contributed by atoms with Crippen molar-refractivity contribution < 1.29 is 36.7 Å². The van der Waals surface area contributed by atoms with Crippen LogP contribution in [-0.4, -0.2) is 61.5 Å². The summed E-state index contributed by atoms with van der Waals surface area (Å²) >= 11 is 28.9. The first-order valence-electron chi connectivity index (χ1n) is 29.0. The highest BCUT2D eigenvalue weighted by atomic mass is 35.5. The number of nitrogens with zero attached hydrogens (tertiary/aromatic N) is 8. The molecule has 4 heterocycles. The number of carbonyl (C=O) groups is 4. The molecule has 12 nitrogen and oxygen atoms in total. The molecule has 4 fully saturated rings. The van der Waals surface area contributed by atoms with Gasteiger partial charge in [0.15, 0.2) is 23.1 Å². The summed E-state index contributed by atoms with van der Waals surface area (Å²) in [5.74, 6) is -1.02. The fraction of sp³-hybridized carbons (Fsp3) is 0.429. The zero-order valence-corrected chi connectivity index (χ0v) is 54.3. The van der Waals surface area contributed by atoms with Gasteiger partial charge in [-0.1, -0.05) is 129 Å². The molecule has 0 spiro atoms. The number of benzene rings is 4. The lowest BCUT2D eigenvalue weighted by atomic mass is 9.88. The van der Waals surface area contributed by atoms with Crippen LogP contribution >= 0.6 is 92.5 Å². The molecule has 0 bridgehead atoms. The Balaban J connectivity index is 0.000000139. The fourth-order valence-electron chi connectivity index (χ4n) is 10.4. The quantitative estimate of drug-likeness (QED) is 0.0439. The van der Waals surface area contributed by atoms with Crippen LogP contribution in [0.15, 0.2) is 72.8 Å². The second-order valence-electron chi connectivity index (χ2n) is 22.6. The van der Waals surface area contributed by atoms with Crippen molar-refractivity contribution >= 4 is 116 Å². The third-order valence-electron chi connectivity index (χ3n) is 15.6. The van der Waals surface area contributed by atoms with Crippen molar-refractivity contribution in [2.45, 2.75) is 171 Å². The summed E-state index contributed by atoms with van der Waals surface area (Å²) in [4.78, 5) is 52.6. The Labute approximate surface area is 538 Å². The molecule has 87 heavy (non-hydrogen) atoms. The molecule has 4 aliphatic carbocycles. The van der Waals surface area contributed by atoms with Crippen LogP contribution in [0.5, 0.6) is 0 Å². The molecule has 4 aliphatic rings. The van der Waals surface area contributed by atoms with E-state index < -0.39 is 0 Å². The van der Waals surface area contributed by atoms with Crippen LogP contribution in [0.4, 0.5) is 17.6 Å². The summed E-state index contributed by atoms with van der Waals surface area (Å²) in [6.07, 6.45) is 12.1. The first-order chi connectivity index (χ1) is 41.8. The molecule has 24 heteroatoms. The van der Waals surface area contributed by atoms with Gasteiger partial charge in [0, 0.05) is 91.7 Å². The first kappa shape index (κ1) is 66.1. The third-order valence-corrected chi connectivity index (χ3v) is 20.1. The Kier molecular flexibility index (Phi) is 23.1. The van der Waals surface area contributed by atoms with E-state index in [4.69, 9.17) is 46.4 Å². The van der Waals surface area contributed by atoms with E-state index in [-0.39, 0.29) is 95.8 Å². The summed E-state index contributed by atoms with van der Waals surface area (Å²) < 4.78 is 71.6. The highest BCUT2D eigenvalue weighted by Gasteiger charge is 2.36. The number of hydrogen-bond acceptors (Lipinski definition) is 16. The molecule has 458 valence electrons. The Hall–Kier alpha value is -5.32. The summed E-state index contributed by atoms with van der Waals surface area (Å²) in [5, 5.41) is 17.8. The number of hydrogen-bond donors (Lipinski definition) is 0. The molecule has 8 aromatic rings. The minimum atomic E-state index is -0.368. The molecule has 4 atom stereocenters. The maximum Gasteiger partial charge on any atom is 0.176 e. The number of rotatable bonds is 23. The topological polar surface area (TPSA) is 171 Å². The molecule has 12 rings (SSSR count). The molecule has 2 unspecified atom stereocenters. The van der Waals surface area contributed by atoms with Crippen molar-refractivity contribution in [3.8, 4) is 0 Å². The normalized spacial score (nSPS) is 15.8. The van der Waals surface area contributed by atoms with Crippen molar-refractivity contribution in [3.63, 3.8) is 0 Å². The summed E-state index contributed by atoms with van der Waals surface area (Å²) in [7, 11) is 0. The minimum Gasteiger partial charge on any atom is -0.293 e. The average Bonchev–Trinajstić information content (AvgIpc) is 2.65. The second kappa shape index (κ2) is 30.5. The number of carbonyl (C=O) groups excluding carboxylic acids is 4. The zero-order chi connectivity index (χ0) is 62.1. The molecule has 4 saturated carbocycles. The largest absolute Gasteiger partial charge is 0.293 e. The lowest BCUT2D eigenvalue weighted by molar-refractivity contribution is 0.0966. The second-order valence-corrected chi connectivity index (χ2v) is 27.3. The Morgan fingerprint density at radius 3 is 0.920 bits per heavy atom. The smallest absolute Gasteiger partial charge is 0.176 e. The van der Waals surface area contributed by atoms with Crippen molar-refractivity contribution in [1.29, 1.82) is 0 Å². The fourth-order valence-corrected chi connectivity index (χ4v) is 14.6. The Morgan fingerprint density at radius 2 is 0.678 bits per heavy atom. The molecule has 0 N–H and O–H groups in total. The summed E-state index contributed by atoms with van der Waals surface area (Å²) in [6.45, 7) is 7.52. The Morgan fingerprint density at radius 1 is 0.425 bits per heavy atom. The van der Waals surface area contributed by atoms with Crippen molar-refractivity contribution in [1.82, 2.24) is 38.3 Å². The van der Waals surface area contributed by atoms with E-state index in [1.54, 1.807) is 48.5 Å². The molecule has 0 amide bonds. The van der Waals surface area contributed by atoms with Gasteiger partial charge in [-0.25, -0.2) is 17.6 Å². The van der Waals surface area contributed by atoms with Crippen LogP contribution in [0.2, 0.25) is 20.1 Å². The van der Waals surface area contributed by atoms with E-state index in [0.29, 0.717) is 85.5 Å². The van der Waals surface area contributed by atoms with Crippen LogP contribution in [0.3, 0.4) is 0 Å². The van der Waals surface area contributed by atoms with Gasteiger partial charge in [0.25, 0.3) is 0 Å². The van der Waals surface area contributed by atoms with Crippen LogP contribution in [-0.2, 0) is 0 Å². The van der Waals surface area contributed by atoms with Gasteiger partial charge in [0.1, 0.15) is 42.8 Å². The SMILES string of the molecule is CC(CC(=O)c1snnc1C1CC1)c1c(F)cccc1Cl.CCCCC(CC(=O)c1snnc1C1CC1)c1c(F)cccc1Cl.C[C@@H](CC(=O)c1snnc1C1CC1)c1c(F)cccc1Cl.C[C@H](CC(=O)c1snnc1C1CC1)c1c(F)cccc1Cl. The van der Waals surface area contributed by atoms with E-state index in [1.807, 2.05) is 20.8 Å². The van der Waals surface area contributed by atoms with Crippen LogP contribution < -0.4 is 0 Å². The van der Waals surface area contributed by atoms with E-state index in [2.05, 4.69) is 45.3 Å². The van der Waals surface area contributed by atoms with E-state index >= 15 is 0 Å². The van der Waals surface area contributed by atoms with Crippen LogP contribution in [0.25, 0.3) is 0 Å². The van der Waals surface area contributed by atoms with Gasteiger partial charge in [-0.2, -0.15) is 0 Å². The van der Waals surface area contributed by atoms with Crippen molar-refractivity contribution in [2.24, 2.45) is 0 Å². The standard InChI is InChI=1S/C18H20ClFN2OS.3C15H14ClFN2OS/c1-2-3-5-12(16-13(19)6-4-7-14(16)20)10-15(23)18-17(11-8-9-11)21-22-24-18;3*1-8(13-10(16)3-2-4-11(13)17)7-12(20)15-14(9-5-6-9)18-19-21-15/h4,6-7,11-12H,2-3,5,8-10H2,1H3;3*2-4,8-9H,5-7H2,1H3/t;2*8-;/m.10./s1. The zero-order valence-electron chi connectivity index (χ0n) is 48.0. The highest BCUT2D eigenvalue weighted by Crippen LogP contribution is 2.46. The maximum absolute atomic E-state index is 14.3. The molecular weight excluding hydrogens is 1280 g/mol. The number of unbranched alkanes of at least 4 members (excludes halogenated alkanes) is 1. The van der Waals surface area contributed by atoms with Gasteiger partial charge < -0.3 is 0 Å². The lowest BCUT2D eigenvalue weighted by Crippen LogP contribution is -2.10. The van der Waals surface area contributed by atoms with Gasteiger partial charge in [-0.15, -0.1) is 20.4 Å². The summed E-state index contributed by atoms with van der Waals surface area (Å²) in [6, 6.07) is 18.4. The number of ketones is 4. The molecule has 0 aliphatic heterocycles. The van der Waals surface area contributed by atoms with Gasteiger partial charge >= 0.3 is 0 Å². The van der Waals surface area contributed by atoms with Gasteiger partial charge in [0.05, 0.1) is 22.8 Å². The molecular formula is C63H62Cl4F4N8O4S4. The predicted molar refractivity (Wildman–Crippen MR) is 336 cm³/mol. The molecule has 4 aromatic carbocycles. The molecule has 0 saturated heterocycles.